The van der Waals surface area contributed by atoms with E-state index in [1.807, 2.05) is 0 Å². The second-order valence-electron chi connectivity index (χ2n) is 7.47. The Balaban J connectivity index is 1.62. The van der Waals surface area contributed by atoms with Crippen LogP contribution in [0.1, 0.15) is 45.2 Å². The Morgan fingerprint density at radius 2 is 1.48 bits per heavy atom. The Bertz CT molecular complexity index is 773. The summed E-state index contributed by atoms with van der Waals surface area (Å²) in [5.41, 5.74) is -0.982. The maximum absolute atomic E-state index is 12.9. The predicted octanol–water partition coefficient (Wildman–Crippen LogP) is 3.50. The highest BCUT2D eigenvalue weighted by molar-refractivity contribution is 5.39. The van der Waals surface area contributed by atoms with E-state index in [0.29, 0.717) is 23.7 Å². The maximum atomic E-state index is 12.9. The fraction of sp³-hybridized carbons (Fsp3) is 0.647. The lowest BCUT2D eigenvalue weighted by Gasteiger charge is -2.16. The van der Waals surface area contributed by atoms with E-state index in [0.717, 1.165) is 36.4 Å². The highest BCUT2D eigenvalue weighted by atomic mass is 19.4. The minimum atomic E-state index is -4.51. The third-order valence-electron chi connectivity index (χ3n) is 5.08. The van der Waals surface area contributed by atoms with Gasteiger partial charge in [-0.1, -0.05) is 0 Å². The molecule has 27 heavy (non-hydrogen) atoms. The lowest BCUT2D eigenvalue weighted by molar-refractivity contribution is -0.141. The van der Waals surface area contributed by atoms with Crippen molar-refractivity contribution in [3.63, 3.8) is 0 Å². The molecule has 0 saturated heterocycles. The van der Waals surface area contributed by atoms with Crippen LogP contribution in [0.3, 0.4) is 0 Å². The highest BCUT2D eigenvalue weighted by Crippen LogP contribution is 2.35. The largest absolute Gasteiger partial charge is 0.435 e. The Labute approximate surface area is 154 Å². The van der Waals surface area contributed by atoms with Crippen LogP contribution in [0.2, 0.25) is 0 Å². The highest BCUT2D eigenvalue weighted by Gasteiger charge is 2.34. The first-order valence-electron chi connectivity index (χ1n) is 9.22. The molecule has 4 rings (SSSR count). The second kappa shape index (κ2) is 6.65. The van der Waals surface area contributed by atoms with Crippen molar-refractivity contribution in [2.24, 2.45) is 11.8 Å². The summed E-state index contributed by atoms with van der Waals surface area (Å²) in [4.78, 5) is 13.0. The molecule has 0 radical (unpaired) electrons. The van der Waals surface area contributed by atoms with Gasteiger partial charge in [0, 0.05) is 18.3 Å². The lowest BCUT2D eigenvalue weighted by Crippen LogP contribution is -2.23. The van der Waals surface area contributed by atoms with Gasteiger partial charge in [-0.15, -0.1) is 0 Å². The standard InChI is InChI=1S/C17H22F3N7/c1-9(11-3-4-11)21-14-23-15(22-10(2)12-5-6-12)25-16(24-14)27-8-7-13(26-27)17(18,19)20/h7-12H,3-6H2,1-2H3,(H2,21,22,23,24,25). The smallest absolute Gasteiger partial charge is 0.351 e. The third-order valence-corrected chi connectivity index (χ3v) is 5.08. The molecule has 2 saturated carbocycles. The minimum absolute atomic E-state index is 0.0523. The molecule has 2 aromatic rings. The van der Waals surface area contributed by atoms with E-state index in [-0.39, 0.29) is 18.0 Å². The molecule has 0 amide bonds. The van der Waals surface area contributed by atoms with Crippen LogP contribution in [0.15, 0.2) is 12.3 Å². The fourth-order valence-electron chi connectivity index (χ4n) is 3.02. The van der Waals surface area contributed by atoms with Crippen LogP contribution in [-0.4, -0.2) is 36.8 Å². The number of nitrogens with zero attached hydrogens (tertiary/aromatic N) is 5. The molecule has 0 aliphatic heterocycles. The first kappa shape index (κ1) is 18.0. The van der Waals surface area contributed by atoms with E-state index < -0.39 is 11.9 Å². The molecule has 146 valence electrons. The van der Waals surface area contributed by atoms with Crippen molar-refractivity contribution >= 4 is 11.9 Å². The zero-order chi connectivity index (χ0) is 19.2. The molecule has 0 bridgehead atoms. The van der Waals surface area contributed by atoms with Crippen LogP contribution in [0.25, 0.3) is 5.95 Å². The van der Waals surface area contributed by atoms with E-state index in [1.165, 1.54) is 6.20 Å². The van der Waals surface area contributed by atoms with E-state index in [4.69, 9.17) is 0 Å². The van der Waals surface area contributed by atoms with Gasteiger partial charge in [0.15, 0.2) is 5.69 Å². The van der Waals surface area contributed by atoms with Gasteiger partial charge in [-0.05, 0) is 57.4 Å². The van der Waals surface area contributed by atoms with Crippen molar-refractivity contribution in [1.82, 2.24) is 24.7 Å². The van der Waals surface area contributed by atoms with Crippen molar-refractivity contribution in [3.8, 4) is 5.95 Å². The van der Waals surface area contributed by atoms with E-state index in [9.17, 15) is 13.2 Å². The number of hydrogen-bond donors (Lipinski definition) is 2. The Kier molecular flexibility index (Phi) is 4.43. The van der Waals surface area contributed by atoms with Gasteiger partial charge in [0.25, 0.3) is 5.95 Å². The number of anilines is 2. The summed E-state index contributed by atoms with van der Waals surface area (Å²) >= 11 is 0. The SMILES string of the molecule is CC(Nc1nc(NC(C)C2CC2)nc(-n2ccc(C(F)(F)F)n2)n1)C1CC1. The molecule has 2 aliphatic rings. The van der Waals surface area contributed by atoms with Gasteiger partial charge in [0.1, 0.15) is 0 Å². The molecule has 0 aromatic carbocycles. The summed E-state index contributed by atoms with van der Waals surface area (Å²) in [7, 11) is 0. The summed E-state index contributed by atoms with van der Waals surface area (Å²) in [6.45, 7) is 4.10. The summed E-state index contributed by atoms with van der Waals surface area (Å²) in [5, 5.41) is 10.1. The van der Waals surface area contributed by atoms with Crippen LogP contribution in [0.4, 0.5) is 25.1 Å². The predicted molar refractivity (Wildman–Crippen MR) is 93.6 cm³/mol. The molecular weight excluding hydrogens is 359 g/mol. The second-order valence-corrected chi connectivity index (χ2v) is 7.47. The average molecular weight is 381 g/mol. The molecule has 2 unspecified atom stereocenters. The van der Waals surface area contributed by atoms with Gasteiger partial charge < -0.3 is 10.6 Å². The molecule has 2 atom stereocenters. The van der Waals surface area contributed by atoms with Gasteiger partial charge in [0.05, 0.1) is 0 Å². The van der Waals surface area contributed by atoms with Crippen LogP contribution in [0.5, 0.6) is 0 Å². The number of alkyl halides is 3. The first-order valence-corrected chi connectivity index (χ1v) is 9.22. The number of rotatable bonds is 7. The molecule has 2 fully saturated rings. The average Bonchev–Trinajstić information content (AvgIpc) is 3.50. The van der Waals surface area contributed by atoms with E-state index in [1.54, 1.807) is 0 Å². The maximum Gasteiger partial charge on any atom is 0.435 e. The van der Waals surface area contributed by atoms with Crippen molar-refractivity contribution in [1.29, 1.82) is 0 Å². The van der Waals surface area contributed by atoms with Crippen LogP contribution >= 0.6 is 0 Å². The normalized spacial score (nSPS) is 19.6. The summed E-state index contributed by atoms with van der Waals surface area (Å²) in [6.07, 6.45) is 1.32. The van der Waals surface area contributed by atoms with Crippen molar-refractivity contribution in [2.75, 3.05) is 10.6 Å². The van der Waals surface area contributed by atoms with Crippen LogP contribution < -0.4 is 10.6 Å². The van der Waals surface area contributed by atoms with Gasteiger partial charge in [-0.3, -0.25) is 0 Å². The molecule has 7 nitrogen and oxygen atoms in total. The molecular formula is C17H22F3N7. The first-order chi connectivity index (χ1) is 12.8. The molecule has 0 spiro atoms. The quantitative estimate of drug-likeness (QED) is 0.764. The zero-order valence-electron chi connectivity index (χ0n) is 15.2. The zero-order valence-corrected chi connectivity index (χ0v) is 15.2. The summed E-state index contributed by atoms with van der Waals surface area (Å²) in [6, 6.07) is 1.29. The molecule has 2 aliphatic carbocycles. The monoisotopic (exact) mass is 381 g/mol. The summed E-state index contributed by atoms with van der Waals surface area (Å²) < 4.78 is 39.6. The van der Waals surface area contributed by atoms with Gasteiger partial charge in [0.2, 0.25) is 11.9 Å². The molecule has 10 heteroatoms. The van der Waals surface area contributed by atoms with Crippen molar-refractivity contribution in [2.45, 2.75) is 57.8 Å². The minimum Gasteiger partial charge on any atom is -0.351 e. The van der Waals surface area contributed by atoms with Gasteiger partial charge >= 0.3 is 6.18 Å². The van der Waals surface area contributed by atoms with E-state index >= 15 is 0 Å². The van der Waals surface area contributed by atoms with Crippen LogP contribution in [-0.2, 0) is 6.18 Å². The number of halogens is 3. The number of hydrogen-bond acceptors (Lipinski definition) is 6. The van der Waals surface area contributed by atoms with Gasteiger partial charge in [-0.25, -0.2) is 4.68 Å². The molecule has 2 heterocycles. The van der Waals surface area contributed by atoms with Crippen molar-refractivity contribution in [3.05, 3.63) is 18.0 Å². The summed E-state index contributed by atoms with van der Waals surface area (Å²) in [5.74, 6) is 1.89. The van der Waals surface area contributed by atoms with Gasteiger partial charge in [-0.2, -0.15) is 33.2 Å². The Morgan fingerprint density at radius 3 is 1.89 bits per heavy atom. The number of aromatic nitrogens is 5. The van der Waals surface area contributed by atoms with Crippen molar-refractivity contribution < 1.29 is 13.2 Å². The molecule has 2 N–H and O–H groups in total. The lowest BCUT2D eigenvalue weighted by atomic mass is 10.2. The fourth-order valence-corrected chi connectivity index (χ4v) is 3.02. The topological polar surface area (TPSA) is 80.5 Å². The third kappa shape index (κ3) is 4.30. The van der Waals surface area contributed by atoms with Crippen LogP contribution in [0, 0.1) is 11.8 Å². The Morgan fingerprint density at radius 1 is 0.963 bits per heavy atom. The number of nitrogens with one attached hydrogen (secondary N) is 2. The molecule has 2 aromatic heterocycles. The van der Waals surface area contributed by atoms with E-state index in [2.05, 4.69) is 44.5 Å². The Hall–Kier alpha value is -2.39.